The smallest absolute Gasteiger partial charge is 0.0337 e. The normalized spacial score (nSPS) is 29.2. The van der Waals surface area contributed by atoms with Gasteiger partial charge in [0.15, 0.2) is 0 Å². The lowest BCUT2D eigenvalue weighted by Crippen LogP contribution is -2.63. The average Bonchev–Trinajstić information content (AvgIpc) is 2.44. The minimum atomic E-state index is 0. The van der Waals surface area contributed by atoms with Gasteiger partial charge in [-0.3, -0.25) is 4.90 Å². The number of nitrogens with one attached hydrogen (secondary N) is 1. The molecule has 0 atom stereocenters. The van der Waals surface area contributed by atoms with Crippen LogP contribution in [0, 0.1) is 5.92 Å². The largest absolute Gasteiger partial charge is 0.317 e. The molecule has 3 fully saturated rings. The molecule has 1 aliphatic carbocycles. The van der Waals surface area contributed by atoms with Gasteiger partial charge in [0, 0.05) is 31.7 Å². The molecule has 0 aromatic rings. The Morgan fingerprint density at radius 3 is 2.45 bits per heavy atom. The molecule has 3 aliphatic rings. The molecule has 1 saturated carbocycles. The predicted octanol–water partition coefficient (Wildman–Crippen LogP) is 2.36. The van der Waals surface area contributed by atoms with Crippen LogP contribution in [0.25, 0.3) is 0 Å². The summed E-state index contributed by atoms with van der Waals surface area (Å²) in [5, 5.41) is 3.50. The van der Waals surface area contributed by atoms with Crippen LogP contribution in [0.2, 0.25) is 0 Å². The highest BCUT2D eigenvalue weighted by Gasteiger charge is 2.41. The Hall–Kier alpha value is 0.170. The Morgan fingerprint density at radius 2 is 1.75 bits per heavy atom. The third-order valence-corrected chi connectivity index (χ3v) is 5.71. The summed E-state index contributed by atoms with van der Waals surface area (Å²) in [5.74, 6) is 0.948. The van der Waals surface area contributed by atoms with Gasteiger partial charge >= 0.3 is 0 Å². The van der Waals surface area contributed by atoms with E-state index in [4.69, 9.17) is 0 Å². The molecule has 1 N–H and O–H groups in total. The number of rotatable bonds is 2. The molecule has 4 heteroatoms. The summed E-state index contributed by atoms with van der Waals surface area (Å²) in [4.78, 5) is 5.48. The van der Waals surface area contributed by atoms with Crippen molar-refractivity contribution in [2.24, 2.45) is 5.92 Å². The van der Waals surface area contributed by atoms with E-state index in [1.807, 2.05) is 0 Å². The maximum absolute atomic E-state index is 3.50. The molecule has 0 unspecified atom stereocenters. The first-order chi connectivity index (χ1) is 9.28. The molecule has 0 amide bonds. The Morgan fingerprint density at radius 1 is 1.05 bits per heavy atom. The van der Waals surface area contributed by atoms with Crippen LogP contribution >= 0.6 is 12.4 Å². The zero-order chi connectivity index (χ0) is 13.1. The summed E-state index contributed by atoms with van der Waals surface area (Å²) in [7, 11) is 2.32. The van der Waals surface area contributed by atoms with E-state index < -0.39 is 0 Å². The van der Waals surface area contributed by atoms with Gasteiger partial charge in [-0.15, -0.1) is 12.4 Å². The van der Waals surface area contributed by atoms with Crippen LogP contribution in [-0.4, -0.2) is 61.7 Å². The fraction of sp³-hybridized carbons (Fsp3) is 1.00. The number of hydrogen-bond acceptors (Lipinski definition) is 3. The van der Waals surface area contributed by atoms with E-state index in [1.54, 1.807) is 0 Å². The lowest BCUT2D eigenvalue weighted by molar-refractivity contribution is -0.0293. The summed E-state index contributed by atoms with van der Waals surface area (Å²) >= 11 is 0. The van der Waals surface area contributed by atoms with Crippen LogP contribution in [0.5, 0.6) is 0 Å². The van der Waals surface area contributed by atoms with Gasteiger partial charge < -0.3 is 10.2 Å². The highest BCUT2D eigenvalue weighted by Crippen LogP contribution is 2.37. The minimum absolute atomic E-state index is 0. The van der Waals surface area contributed by atoms with Gasteiger partial charge in [0.2, 0.25) is 0 Å². The monoisotopic (exact) mass is 301 g/mol. The predicted molar refractivity (Wildman–Crippen MR) is 87.7 cm³/mol. The summed E-state index contributed by atoms with van der Waals surface area (Å²) < 4.78 is 0. The summed E-state index contributed by atoms with van der Waals surface area (Å²) in [6.45, 7) is 7.75. The van der Waals surface area contributed by atoms with Crippen molar-refractivity contribution in [2.45, 2.75) is 50.5 Å². The molecule has 3 nitrogen and oxygen atoms in total. The van der Waals surface area contributed by atoms with Crippen LogP contribution in [0.4, 0.5) is 0 Å². The molecular weight excluding hydrogens is 270 g/mol. The van der Waals surface area contributed by atoms with Crippen LogP contribution in [0.3, 0.4) is 0 Å². The van der Waals surface area contributed by atoms with Crippen LogP contribution < -0.4 is 5.32 Å². The Kier molecular flexibility index (Phi) is 6.15. The SMILES string of the molecule is CN1CCN(CC2CCNCC2)C2(CCCCC2)C1.Cl. The average molecular weight is 302 g/mol. The van der Waals surface area contributed by atoms with Crippen molar-refractivity contribution in [1.29, 1.82) is 0 Å². The molecule has 2 aliphatic heterocycles. The second kappa shape index (κ2) is 7.44. The quantitative estimate of drug-likeness (QED) is 0.845. The van der Waals surface area contributed by atoms with Crippen molar-refractivity contribution in [3.8, 4) is 0 Å². The van der Waals surface area contributed by atoms with E-state index in [0.717, 1.165) is 5.92 Å². The topological polar surface area (TPSA) is 18.5 Å². The van der Waals surface area contributed by atoms with Crippen molar-refractivity contribution in [3.05, 3.63) is 0 Å². The molecule has 2 heterocycles. The standard InChI is InChI=1S/C16H31N3.ClH/c1-18-11-12-19(13-15-5-9-17-10-6-15)16(14-18)7-3-2-4-8-16;/h15,17H,2-14H2,1H3;1H. The summed E-state index contributed by atoms with van der Waals surface area (Å²) in [6, 6.07) is 0. The molecule has 2 saturated heterocycles. The van der Waals surface area contributed by atoms with E-state index in [0.29, 0.717) is 5.54 Å². The summed E-state index contributed by atoms with van der Waals surface area (Å²) in [6.07, 6.45) is 10.1. The van der Waals surface area contributed by atoms with Gasteiger partial charge in [0.25, 0.3) is 0 Å². The zero-order valence-corrected chi connectivity index (χ0v) is 13.9. The fourth-order valence-corrected chi connectivity index (χ4v) is 4.56. The number of piperazine rings is 1. The molecule has 0 aromatic heterocycles. The summed E-state index contributed by atoms with van der Waals surface area (Å²) in [5.41, 5.74) is 0.538. The molecule has 0 aromatic carbocycles. The fourth-order valence-electron chi connectivity index (χ4n) is 4.56. The third-order valence-electron chi connectivity index (χ3n) is 5.71. The second-order valence-corrected chi connectivity index (χ2v) is 7.16. The van der Waals surface area contributed by atoms with Crippen molar-refractivity contribution in [3.63, 3.8) is 0 Å². The van der Waals surface area contributed by atoms with E-state index in [1.165, 1.54) is 84.2 Å². The molecule has 20 heavy (non-hydrogen) atoms. The Balaban J connectivity index is 0.00000147. The van der Waals surface area contributed by atoms with Gasteiger partial charge in [-0.25, -0.2) is 0 Å². The van der Waals surface area contributed by atoms with Crippen molar-refractivity contribution in [1.82, 2.24) is 15.1 Å². The first-order valence-electron chi connectivity index (χ1n) is 8.43. The molecule has 1 spiro atoms. The van der Waals surface area contributed by atoms with Crippen molar-refractivity contribution < 1.29 is 0 Å². The minimum Gasteiger partial charge on any atom is -0.317 e. The number of piperidine rings is 1. The maximum atomic E-state index is 3.50. The maximum Gasteiger partial charge on any atom is 0.0337 e. The zero-order valence-electron chi connectivity index (χ0n) is 13.1. The molecule has 0 radical (unpaired) electrons. The first-order valence-corrected chi connectivity index (χ1v) is 8.43. The van der Waals surface area contributed by atoms with E-state index in [-0.39, 0.29) is 12.4 Å². The van der Waals surface area contributed by atoms with Crippen LogP contribution in [0.1, 0.15) is 44.9 Å². The highest BCUT2D eigenvalue weighted by atomic mass is 35.5. The first kappa shape index (κ1) is 16.5. The van der Waals surface area contributed by atoms with Gasteiger partial charge in [0.05, 0.1) is 0 Å². The molecule has 0 bridgehead atoms. The van der Waals surface area contributed by atoms with Gasteiger partial charge in [0.1, 0.15) is 0 Å². The number of hydrogen-bond donors (Lipinski definition) is 1. The lowest BCUT2D eigenvalue weighted by Gasteiger charge is -2.53. The third kappa shape index (κ3) is 3.68. The second-order valence-electron chi connectivity index (χ2n) is 7.16. The van der Waals surface area contributed by atoms with Gasteiger partial charge in [-0.1, -0.05) is 19.3 Å². The van der Waals surface area contributed by atoms with E-state index in [9.17, 15) is 0 Å². The Labute approximate surface area is 130 Å². The van der Waals surface area contributed by atoms with Gasteiger partial charge in [-0.2, -0.15) is 0 Å². The van der Waals surface area contributed by atoms with Crippen molar-refractivity contribution in [2.75, 3.05) is 46.3 Å². The molecule has 3 rings (SSSR count). The van der Waals surface area contributed by atoms with Crippen LogP contribution in [0.15, 0.2) is 0 Å². The lowest BCUT2D eigenvalue weighted by atomic mass is 9.78. The molecule has 118 valence electrons. The number of likely N-dealkylation sites (N-methyl/N-ethyl adjacent to an activating group) is 1. The Bertz CT molecular complexity index is 285. The van der Waals surface area contributed by atoms with E-state index in [2.05, 4.69) is 22.2 Å². The van der Waals surface area contributed by atoms with Gasteiger partial charge in [-0.05, 0) is 51.7 Å². The van der Waals surface area contributed by atoms with Crippen molar-refractivity contribution >= 4 is 12.4 Å². The highest BCUT2D eigenvalue weighted by molar-refractivity contribution is 5.85. The molecular formula is C16H32ClN3. The van der Waals surface area contributed by atoms with E-state index >= 15 is 0 Å². The number of halogens is 1. The van der Waals surface area contributed by atoms with Crippen LogP contribution in [-0.2, 0) is 0 Å². The number of nitrogens with zero attached hydrogens (tertiary/aromatic N) is 2.